The van der Waals surface area contributed by atoms with Gasteiger partial charge in [-0.25, -0.2) is 9.59 Å². The normalized spacial score (nSPS) is 25.7. The Kier molecular flexibility index (Phi) is 7.50. The van der Waals surface area contributed by atoms with Crippen molar-refractivity contribution in [3.05, 3.63) is 52.1 Å². The van der Waals surface area contributed by atoms with Gasteiger partial charge in [0.25, 0.3) is 0 Å². The molecular weight excluding hydrogens is 478 g/mol. The van der Waals surface area contributed by atoms with Crippen LogP contribution in [0.5, 0.6) is 0 Å². The number of aromatic nitrogens is 2. The highest BCUT2D eigenvalue weighted by Gasteiger charge is 2.35. The van der Waals surface area contributed by atoms with E-state index in [0.29, 0.717) is 31.2 Å². The van der Waals surface area contributed by atoms with E-state index in [1.54, 1.807) is 21.7 Å². The van der Waals surface area contributed by atoms with Crippen molar-refractivity contribution >= 4 is 11.8 Å². The number of aryl methyl sites for hydroxylation is 1. The highest BCUT2D eigenvalue weighted by Crippen LogP contribution is 2.36. The Morgan fingerprint density at radius 3 is 2.55 bits per heavy atom. The average molecular weight is 520 g/mol. The summed E-state index contributed by atoms with van der Waals surface area (Å²) in [5, 5.41) is 5.99. The van der Waals surface area contributed by atoms with Gasteiger partial charge in [-0.1, -0.05) is 6.07 Å². The molecule has 0 spiro atoms. The molecule has 1 aromatic heterocycles. The van der Waals surface area contributed by atoms with Crippen LogP contribution in [0, 0.1) is 5.92 Å². The number of hydrogen-bond donors (Lipinski definition) is 3. The van der Waals surface area contributed by atoms with Gasteiger partial charge in [0.1, 0.15) is 5.82 Å². The SMILES string of the molecule is N[C@H]1CC[C@H](N(CC2CC2)C2CCc3cc(-n4ccc(NC(=O)N5CCNCC5)nc4=O)ccc3C2)CC1. The monoisotopic (exact) mass is 519 g/mol. The first-order chi connectivity index (χ1) is 18.5. The second-order valence-corrected chi connectivity index (χ2v) is 11.7. The van der Waals surface area contributed by atoms with Crippen molar-refractivity contribution < 1.29 is 4.79 Å². The number of nitrogens with zero attached hydrogens (tertiary/aromatic N) is 4. The molecule has 3 aliphatic carbocycles. The average Bonchev–Trinajstić information content (AvgIpc) is 3.77. The van der Waals surface area contributed by atoms with Gasteiger partial charge in [-0.05, 0) is 93.0 Å². The molecule has 9 heteroatoms. The quantitative estimate of drug-likeness (QED) is 0.541. The smallest absolute Gasteiger partial charge is 0.328 e. The number of fused-ring (bicyclic) bond motifs is 1. The molecule has 2 amide bonds. The molecule has 0 bridgehead atoms. The Labute approximate surface area is 224 Å². The molecule has 2 heterocycles. The van der Waals surface area contributed by atoms with Crippen LogP contribution in [0.3, 0.4) is 0 Å². The molecule has 6 rings (SSSR count). The minimum Gasteiger partial charge on any atom is -0.328 e. The zero-order valence-corrected chi connectivity index (χ0v) is 22.3. The van der Waals surface area contributed by atoms with Gasteiger partial charge in [-0.3, -0.25) is 14.8 Å². The molecular formula is C29H41N7O2. The van der Waals surface area contributed by atoms with Crippen LogP contribution in [0.2, 0.25) is 0 Å². The standard InChI is InChI=1S/C29H41N7O2/c30-23-5-9-24(10-6-23)36(19-20-1-2-20)26-8-4-21-17-25(7-3-22(21)18-26)35-14-11-27(33-29(35)38)32-28(37)34-15-12-31-13-16-34/h3,7,11,14,17,20,23-24,26,31H,1-2,4-6,8-10,12-13,15-16,18-19,30H2,(H,32,33,37,38)/t23-,24-,26?. The molecule has 2 aromatic rings. The van der Waals surface area contributed by atoms with Crippen molar-refractivity contribution in [3.63, 3.8) is 0 Å². The lowest BCUT2D eigenvalue weighted by Crippen LogP contribution is -2.49. The van der Waals surface area contributed by atoms with Crippen LogP contribution < -0.4 is 22.1 Å². The molecule has 1 unspecified atom stereocenters. The summed E-state index contributed by atoms with van der Waals surface area (Å²) in [4.78, 5) is 34.1. The number of hydrogen-bond acceptors (Lipinski definition) is 6. The molecule has 1 atom stereocenters. The Hall–Kier alpha value is -2.75. The lowest BCUT2D eigenvalue weighted by atomic mass is 9.84. The first-order valence-corrected chi connectivity index (χ1v) is 14.5. The maximum absolute atomic E-state index is 12.9. The van der Waals surface area contributed by atoms with Crippen molar-refractivity contribution in [2.75, 3.05) is 38.0 Å². The van der Waals surface area contributed by atoms with E-state index < -0.39 is 0 Å². The summed E-state index contributed by atoms with van der Waals surface area (Å²) in [7, 11) is 0. The molecule has 0 radical (unpaired) electrons. The number of carbonyl (C=O) groups is 1. The van der Waals surface area contributed by atoms with Crippen LogP contribution in [0.15, 0.2) is 35.3 Å². The number of piperazine rings is 1. The van der Waals surface area contributed by atoms with E-state index in [0.717, 1.165) is 56.8 Å². The Morgan fingerprint density at radius 2 is 1.82 bits per heavy atom. The number of benzene rings is 1. The Bertz CT molecular complexity index is 1200. The Balaban J connectivity index is 1.14. The van der Waals surface area contributed by atoms with Crippen LogP contribution in [0.1, 0.15) is 56.1 Å². The summed E-state index contributed by atoms with van der Waals surface area (Å²) >= 11 is 0. The van der Waals surface area contributed by atoms with E-state index >= 15 is 0 Å². The fraction of sp³-hybridized carbons (Fsp3) is 0.621. The van der Waals surface area contributed by atoms with Crippen LogP contribution in [-0.2, 0) is 12.8 Å². The van der Waals surface area contributed by atoms with Gasteiger partial charge in [0.05, 0.1) is 5.69 Å². The minimum atomic E-state index is -0.386. The maximum Gasteiger partial charge on any atom is 0.354 e. The molecule has 2 saturated carbocycles. The van der Waals surface area contributed by atoms with Crippen LogP contribution in [-0.4, -0.2) is 76.2 Å². The number of rotatable bonds is 6. The zero-order chi connectivity index (χ0) is 26.1. The molecule has 9 nitrogen and oxygen atoms in total. The van der Waals surface area contributed by atoms with Gasteiger partial charge < -0.3 is 16.0 Å². The van der Waals surface area contributed by atoms with Gasteiger partial charge >= 0.3 is 11.7 Å². The van der Waals surface area contributed by atoms with Gasteiger partial charge in [0.15, 0.2) is 0 Å². The number of amides is 2. The molecule has 1 aromatic carbocycles. The van der Waals surface area contributed by atoms with Gasteiger partial charge in [0, 0.05) is 57.0 Å². The number of anilines is 1. The number of nitrogens with one attached hydrogen (secondary N) is 2. The number of nitrogens with two attached hydrogens (primary N) is 1. The molecule has 4 N–H and O–H groups in total. The van der Waals surface area contributed by atoms with E-state index in [1.807, 2.05) is 6.07 Å². The topological polar surface area (TPSA) is 109 Å². The van der Waals surface area contributed by atoms with Crippen molar-refractivity contribution in [2.45, 2.75) is 75.9 Å². The minimum absolute atomic E-state index is 0.216. The summed E-state index contributed by atoms with van der Waals surface area (Å²) < 4.78 is 1.57. The van der Waals surface area contributed by atoms with Crippen molar-refractivity contribution in [1.82, 2.24) is 24.7 Å². The summed E-state index contributed by atoms with van der Waals surface area (Å²) in [6, 6.07) is 9.53. The van der Waals surface area contributed by atoms with E-state index in [2.05, 4.69) is 32.7 Å². The summed E-state index contributed by atoms with van der Waals surface area (Å²) in [6.07, 6.45) is 12.5. The van der Waals surface area contributed by atoms with Gasteiger partial charge in [-0.15, -0.1) is 0 Å². The zero-order valence-electron chi connectivity index (χ0n) is 22.3. The first kappa shape index (κ1) is 25.5. The molecule has 1 aliphatic heterocycles. The second-order valence-electron chi connectivity index (χ2n) is 11.7. The molecule has 204 valence electrons. The highest BCUT2D eigenvalue weighted by atomic mass is 16.2. The lowest BCUT2D eigenvalue weighted by Gasteiger charge is -2.43. The molecule has 3 fully saturated rings. The van der Waals surface area contributed by atoms with E-state index in [-0.39, 0.29) is 17.5 Å². The predicted octanol–water partition coefficient (Wildman–Crippen LogP) is 2.51. The molecule has 38 heavy (non-hydrogen) atoms. The van der Waals surface area contributed by atoms with Crippen LogP contribution >= 0.6 is 0 Å². The summed E-state index contributed by atoms with van der Waals surface area (Å²) in [6.45, 7) is 4.08. The third-order valence-electron chi connectivity index (χ3n) is 8.96. The van der Waals surface area contributed by atoms with Gasteiger partial charge in [0.2, 0.25) is 0 Å². The van der Waals surface area contributed by atoms with Crippen molar-refractivity contribution in [2.24, 2.45) is 11.7 Å². The van der Waals surface area contributed by atoms with E-state index in [1.165, 1.54) is 43.4 Å². The Morgan fingerprint density at radius 1 is 1.03 bits per heavy atom. The molecule has 4 aliphatic rings. The first-order valence-electron chi connectivity index (χ1n) is 14.5. The fourth-order valence-electron chi connectivity index (χ4n) is 6.51. The van der Waals surface area contributed by atoms with Crippen LogP contribution in [0.25, 0.3) is 5.69 Å². The van der Waals surface area contributed by atoms with Crippen LogP contribution in [0.4, 0.5) is 10.6 Å². The third-order valence-corrected chi connectivity index (χ3v) is 8.96. The number of carbonyl (C=O) groups excluding carboxylic acids is 1. The maximum atomic E-state index is 12.9. The third kappa shape index (κ3) is 5.80. The summed E-state index contributed by atoms with van der Waals surface area (Å²) in [5.74, 6) is 1.17. The van der Waals surface area contributed by atoms with Crippen molar-refractivity contribution in [3.8, 4) is 5.69 Å². The fourth-order valence-corrected chi connectivity index (χ4v) is 6.51. The predicted molar refractivity (Wildman–Crippen MR) is 149 cm³/mol. The highest BCUT2D eigenvalue weighted by molar-refractivity contribution is 5.88. The number of urea groups is 1. The molecule has 1 saturated heterocycles. The second kappa shape index (κ2) is 11.2. The van der Waals surface area contributed by atoms with E-state index in [4.69, 9.17) is 5.73 Å². The largest absolute Gasteiger partial charge is 0.354 e. The summed E-state index contributed by atoms with van der Waals surface area (Å²) in [5.41, 5.74) is 9.39. The lowest BCUT2D eigenvalue weighted by molar-refractivity contribution is 0.0855. The van der Waals surface area contributed by atoms with Crippen molar-refractivity contribution in [1.29, 1.82) is 0 Å². The van der Waals surface area contributed by atoms with E-state index in [9.17, 15) is 9.59 Å². The van der Waals surface area contributed by atoms with Gasteiger partial charge in [-0.2, -0.15) is 4.98 Å².